The van der Waals surface area contributed by atoms with Crippen molar-refractivity contribution in [1.29, 1.82) is 0 Å². The number of aromatic nitrogens is 2. The molecule has 0 saturated heterocycles. The van der Waals surface area contributed by atoms with Crippen LogP contribution in [0, 0.1) is 5.92 Å². The van der Waals surface area contributed by atoms with Gasteiger partial charge in [-0.05, 0) is 30.7 Å². The molecule has 7 heteroatoms. The van der Waals surface area contributed by atoms with E-state index in [2.05, 4.69) is 10.1 Å². The highest BCUT2D eigenvalue weighted by atomic mass is 32.1. The summed E-state index contributed by atoms with van der Waals surface area (Å²) >= 11 is 1.48. The van der Waals surface area contributed by atoms with Crippen molar-refractivity contribution in [3.05, 3.63) is 23.4 Å². The van der Waals surface area contributed by atoms with Crippen LogP contribution in [-0.2, 0) is 0 Å². The van der Waals surface area contributed by atoms with Crippen molar-refractivity contribution in [1.82, 2.24) is 10.1 Å². The lowest BCUT2D eigenvalue weighted by Gasteiger charge is -2.28. The fourth-order valence-corrected chi connectivity index (χ4v) is 3.27. The molecule has 0 radical (unpaired) electrons. The summed E-state index contributed by atoms with van der Waals surface area (Å²) in [6, 6.07) is 3.73. The molecule has 0 aliphatic heterocycles. The minimum Gasteiger partial charge on any atom is -0.339 e. The first-order valence-corrected chi connectivity index (χ1v) is 7.36. The summed E-state index contributed by atoms with van der Waals surface area (Å²) in [4.78, 5) is 5.12. The van der Waals surface area contributed by atoms with Gasteiger partial charge in [-0.15, -0.1) is 11.3 Å². The van der Waals surface area contributed by atoms with Crippen LogP contribution in [0.25, 0.3) is 10.7 Å². The minimum atomic E-state index is -4.13. The lowest BCUT2D eigenvalue weighted by atomic mass is 9.81. The molecule has 1 fully saturated rings. The van der Waals surface area contributed by atoms with Gasteiger partial charge in [0.2, 0.25) is 11.7 Å². The fourth-order valence-electron chi connectivity index (χ4n) is 2.62. The van der Waals surface area contributed by atoms with Gasteiger partial charge < -0.3 is 4.52 Å². The number of hydrogen-bond donors (Lipinski definition) is 0. The molecule has 3 rings (SSSR count). The first kappa shape index (κ1) is 13.6. The van der Waals surface area contributed by atoms with Gasteiger partial charge in [-0.3, -0.25) is 0 Å². The third kappa shape index (κ3) is 2.72. The summed E-state index contributed by atoms with van der Waals surface area (Å²) in [5, 5.41) is 5.76. The van der Waals surface area contributed by atoms with Crippen molar-refractivity contribution in [2.24, 2.45) is 5.92 Å². The number of halogens is 3. The molecular weight excluding hydrogens is 289 g/mol. The Morgan fingerprint density at radius 3 is 2.85 bits per heavy atom. The van der Waals surface area contributed by atoms with Crippen LogP contribution in [0.5, 0.6) is 0 Å². The van der Waals surface area contributed by atoms with Gasteiger partial charge in [-0.25, -0.2) is 0 Å². The fraction of sp³-hybridized carbons (Fsp3) is 0.538. The van der Waals surface area contributed by atoms with Gasteiger partial charge in [-0.1, -0.05) is 17.6 Å². The van der Waals surface area contributed by atoms with Crippen molar-refractivity contribution in [2.45, 2.75) is 37.8 Å². The zero-order chi connectivity index (χ0) is 14.2. The molecule has 0 N–H and O–H groups in total. The number of thiophene rings is 1. The lowest BCUT2D eigenvalue weighted by Crippen LogP contribution is -2.28. The smallest absolute Gasteiger partial charge is 0.339 e. The number of rotatable bonds is 2. The van der Waals surface area contributed by atoms with Crippen molar-refractivity contribution in [3.8, 4) is 10.7 Å². The van der Waals surface area contributed by atoms with Crippen LogP contribution < -0.4 is 0 Å². The second kappa shape index (κ2) is 5.20. The second-order valence-electron chi connectivity index (χ2n) is 5.04. The van der Waals surface area contributed by atoms with Gasteiger partial charge >= 0.3 is 6.18 Å². The molecule has 2 aromatic heterocycles. The van der Waals surface area contributed by atoms with Crippen LogP contribution in [0.15, 0.2) is 22.0 Å². The van der Waals surface area contributed by atoms with Gasteiger partial charge in [0, 0.05) is 5.92 Å². The zero-order valence-corrected chi connectivity index (χ0v) is 11.4. The molecule has 3 nitrogen and oxygen atoms in total. The van der Waals surface area contributed by atoms with Gasteiger partial charge in [0.1, 0.15) is 0 Å². The van der Waals surface area contributed by atoms with Crippen LogP contribution in [-0.4, -0.2) is 16.3 Å². The molecule has 2 aromatic rings. The zero-order valence-electron chi connectivity index (χ0n) is 10.6. The number of alkyl halides is 3. The maximum absolute atomic E-state index is 12.8. The Morgan fingerprint density at radius 2 is 2.15 bits per heavy atom. The van der Waals surface area contributed by atoms with E-state index in [4.69, 9.17) is 4.52 Å². The maximum Gasteiger partial charge on any atom is 0.391 e. The van der Waals surface area contributed by atoms with E-state index in [0.29, 0.717) is 24.6 Å². The predicted molar refractivity (Wildman–Crippen MR) is 68.4 cm³/mol. The van der Waals surface area contributed by atoms with Gasteiger partial charge in [0.25, 0.3) is 0 Å². The van der Waals surface area contributed by atoms with Crippen LogP contribution in [0.4, 0.5) is 13.2 Å². The van der Waals surface area contributed by atoms with E-state index in [1.165, 1.54) is 11.3 Å². The van der Waals surface area contributed by atoms with Crippen molar-refractivity contribution in [3.63, 3.8) is 0 Å². The molecule has 0 bridgehead atoms. The highest BCUT2D eigenvalue weighted by Gasteiger charge is 2.43. The minimum absolute atomic E-state index is 0.0512. The predicted octanol–water partition coefficient (Wildman–Crippen LogP) is 4.63. The van der Waals surface area contributed by atoms with E-state index in [0.717, 1.165) is 4.88 Å². The molecular formula is C13H13F3N2OS. The SMILES string of the molecule is FC(F)(F)[C@H]1CCC[C@H](c2nc(-c3cccs3)no2)C1. The normalized spacial score (nSPS) is 23.9. The Labute approximate surface area is 117 Å². The maximum atomic E-state index is 12.8. The van der Waals surface area contributed by atoms with Gasteiger partial charge in [-0.2, -0.15) is 18.2 Å². The molecule has 0 amide bonds. The largest absolute Gasteiger partial charge is 0.391 e. The van der Waals surface area contributed by atoms with Crippen LogP contribution >= 0.6 is 11.3 Å². The van der Waals surface area contributed by atoms with Crippen LogP contribution in [0.1, 0.15) is 37.5 Å². The average molecular weight is 302 g/mol. The first-order chi connectivity index (χ1) is 9.54. The molecule has 2 atom stereocenters. The topological polar surface area (TPSA) is 38.9 Å². The second-order valence-corrected chi connectivity index (χ2v) is 5.98. The summed E-state index contributed by atoms with van der Waals surface area (Å²) in [7, 11) is 0. The van der Waals surface area contributed by atoms with Gasteiger partial charge in [0.05, 0.1) is 10.8 Å². The highest BCUT2D eigenvalue weighted by molar-refractivity contribution is 7.13. The number of hydrogen-bond acceptors (Lipinski definition) is 4. The van der Waals surface area contributed by atoms with E-state index < -0.39 is 12.1 Å². The lowest BCUT2D eigenvalue weighted by molar-refractivity contribution is -0.183. The monoisotopic (exact) mass is 302 g/mol. The van der Waals surface area contributed by atoms with Crippen LogP contribution in [0.2, 0.25) is 0 Å². The summed E-state index contributed by atoms with van der Waals surface area (Å²) in [5.74, 6) is -0.735. The highest BCUT2D eigenvalue weighted by Crippen LogP contribution is 2.43. The Balaban J connectivity index is 1.76. The average Bonchev–Trinajstić information content (AvgIpc) is 3.09. The summed E-state index contributed by atoms with van der Waals surface area (Å²) in [6.45, 7) is 0. The summed E-state index contributed by atoms with van der Waals surface area (Å²) in [5.41, 5.74) is 0. The van der Waals surface area contributed by atoms with Crippen molar-refractivity contribution >= 4 is 11.3 Å². The third-order valence-electron chi connectivity index (χ3n) is 3.67. The number of nitrogens with zero attached hydrogens (tertiary/aromatic N) is 2. The summed E-state index contributed by atoms with van der Waals surface area (Å²) < 4.78 is 43.5. The molecule has 20 heavy (non-hydrogen) atoms. The quantitative estimate of drug-likeness (QED) is 0.811. The summed E-state index contributed by atoms with van der Waals surface area (Å²) in [6.07, 6.45) is -2.65. The first-order valence-electron chi connectivity index (χ1n) is 6.48. The standard InChI is InChI=1S/C13H13F3N2OS/c14-13(15,16)9-4-1-3-8(7-9)12-17-11(18-19-12)10-5-2-6-20-10/h2,5-6,8-9H,1,3-4,7H2/t8-,9-/m0/s1. The van der Waals surface area contributed by atoms with Crippen molar-refractivity contribution < 1.29 is 17.7 Å². The van der Waals surface area contributed by atoms with E-state index in [9.17, 15) is 13.2 Å². The van der Waals surface area contributed by atoms with E-state index >= 15 is 0 Å². The molecule has 0 unspecified atom stereocenters. The van der Waals surface area contributed by atoms with Crippen LogP contribution in [0.3, 0.4) is 0 Å². The Morgan fingerprint density at radius 1 is 1.30 bits per heavy atom. The molecule has 1 aliphatic carbocycles. The van der Waals surface area contributed by atoms with Crippen molar-refractivity contribution in [2.75, 3.05) is 0 Å². The van der Waals surface area contributed by atoms with E-state index in [-0.39, 0.29) is 18.8 Å². The van der Waals surface area contributed by atoms with E-state index in [1.807, 2.05) is 17.5 Å². The molecule has 1 aliphatic rings. The third-order valence-corrected chi connectivity index (χ3v) is 4.54. The van der Waals surface area contributed by atoms with E-state index in [1.54, 1.807) is 0 Å². The molecule has 108 valence electrons. The van der Waals surface area contributed by atoms with Gasteiger partial charge in [0.15, 0.2) is 0 Å². The molecule has 0 spiro atoms. The Kier molecular flexibility index (Phi) is 3.54. The Hall–Kier alpha value is -1.37. The molecule has 2 heterocycles. The Bertz CT molecular complexity index is 564. The molecule has 1 saturated carbocycles. The molecule has 0 aromatic carbocycles.